The first kappa shape index (κ1) is 15.3. The molecular weight excluding hydrogens is 325 g/mol. The summed E-state index contributed by atoms with van der Waals surface area (Å²) >= 11 is 12.2. The summed E-state index contributed by atoms with van der Waals surface area (Å²) in [5, 5.41) is 11.4. The number of anilines is 2. The molecule has 0 radical (unpaired) electrons. The van der Waals surface area contributed by atoms with Gasteiger partial charge in [0.25, 0.3) is 0 Å². The Kier molecular flexibility index (Phi) is 3.84. The average Bonchev–Trinajstić information content (AvgIpc) is 2.80. The Morgan fingerprint density at radius 3 is 2.73 bits per heavy atom. The van der Waals surface area contributed by atoms with Crippen molar-refractivity contribution in [3.63, 3.8) is 0 Å². The molecule has 6 nitrogen and oxygen atoms in total. The van der Waals surface area contributed by atoms with Gasteiger partial charge in [0.05, 0.1) is 5.02 Å². The Balaban J connectivity index is 2.09. The standard InChI is InChI=1S/C14H15Cl2N5O/c1-14(22)5-2-6-21(14)13-19-11(18-12(17)20-13)9-7-8(15)3-4-10(9)16/h3-4,7,22H,2,5-6H2,1H3,(H2,17,18,19,20). The molecule has 1 aromatic carbocycles. The van der Waals surface area contributed by atoms with E-state index in [2.05, 4.69) is 15.0 Å². The Bertz CT molecular complexity index is 722. The fraction of sp³-hybridized carbons (Fsp3) is 0.357. The number of nitrogens with zero attached hydrogens (tertiary/aromatic N) is 4. The van der Waals surface area contributed by atoms with Gasteiger partial charge in [-0.1, -0.05) is 23.2 Å². The minimum Gasteiger partial charge on any atom is -0.371 e. The van der Waals surface area contributed by atoms with E-state index < -0.39 is 5.72 Å². The zero-order chi connectivity index (χ0) is 15.9. The zero-order valence-electron chi connectivity index (χ0n) is 11.9. The van der Waals surface area contributed by atoms with E-state index in [9.17, 15) is 5.11 Å². The van der Waals surface area contributed by atoms with Crippen LogP contribution in [0.5, 0.6) is 0 Å². The first-order valence-electron chi connectivity index (χ1n) is 6.84. The smallest absolute Gasteiger partial charge is 0.232 e. The Labute approximate surface area is 137 Å². The van der Waals surface area contributed by atoms with Gasteiger partial charge in [-0.15, -0.1) is 0 Å². The van der Waals surface area contributed by atoms with Gasteiger partial charge in [0.1, 0.15) is 5.72 Å². The lowest BCUT2D eigenvalue weighted by molar-refractivity contribution is 0.0701. The first-order chi connectivity index (χ1) is 10.4. The fourth-order valence-corrected chi connectivity index (χ4v) is 2.93. The molecule has 1 unspecified atom stereocenters. The van der Waals surface area contributed by atoms with Crippen LogP contribution < -0.4 is 10.6 Å². The predicted molar refractivity (Wildman–Crippen MR) is 86.9 cm³/mol. The van der Waals surface area contributed by atoms with Crippen molar-refractivity contribution in [2.75, 3.05) is 17.2 Å². The van der Waals surface area contributed by atoms with Crippen LogP contribution in [-0.2, 0) is 0 Å². The van der Waals surface area contributed by atoms with E-state index in [0.29, 0.717) is 40.3 Å². The van der Waals surface area contributed by atoms with Gasteiger partial charge in [-0.2, -0.15) is 15.0 Å². The molecular formula is C14H15Cl2N5O. The third-order valence-corrected chi connectivity index (χ3v) is 4.23. The van der Waals surface area contributed by atoms with Crippen LogP contribution in [0.3, 0.4) is 0 Å². The maximum atomic E-state index is 10.4. The van der Waals surface area contributed by atoms with E-state index in [0.717, 1.165) is 6.42 Å². The molecule has 8 heteroatoms. The second-order valence-electron chi connectivity index (χ2n) is 5.41. The number of hydrogen-bond donors (Lipinski definition) is 2. The van der Waals surface area contributed by atoms with Gasteiger partial charge in [-0.05, 0) is 38.0 Å². The summed E-state index contributed by atoms with van der Waals surface area (Å²) in [5.74, 6) is 0.734. The average molecular weight is 340 g/mol. The molecule has 116 valence electrons. The van der Waals surface area contributed by atoms with Crippen molar-refractivity contribution < 1.29 is 5.11 Å². The summed E-state index contributed by atoms with van der Waals surface area (Å²) < 4.78 is 0. The normalized spacial score (nSPS) is 21.4. The summed E-state index contributed by atoms with van der Waals surface area (Å²) in [6, 6.07) is 5.03. The van der Waals surface area contributed by atoms with Crippen LogP contribution in [0, 0.1) is 0 Å². The van der Waals surface area contributed by atoms with Crippen molar-refractivity contribution in [1.29, 1.82) is 0 Å². The molecule has 1 aromatic heterocycles. The van der Waals surface area contributed by atoms with E-state index in [4.69, 9.17) is 28.9 Å². The van der Waals surface area contributed by atoms with Crippen molar-refractivity contribution in [2.45, 2.75) is 25.5 Å². The second kappa shape index (κ2) is 5.53. The SMILES string of the molecule is CC1(O)CCCN1c1nc(N)nc(-c2cc(Cl)ccc2Cl)n1. The van der Waals surface area contributed by atoms with Crippen molar-refractivity contribution in [3.8, 4) is 11.4 Å². The van der Waals surface area contributed by atoms with E-state index >= 15 is 0 Å². The third-order valence-electron chi connectivity index (χ3n) is 3.67. The monoisotopic (exact) mass is 339 g/mol. The third kappa shape index (κ3) is 2.82. The van der Waals surface area contributed by atoms with Crippen molar-refractivity contribution in [2.24, 2.45) is 0 Å². The largest absolute Gasteiger partial charge is 0.371 e. The molecule has 0 amide bonds. The van der Waals surface area contributed by atoms with Crippen LogP contribution in [0.15, 0.2) is 18.2 Å². The van der Waals surface area contributed by atoms with Crippen LogP contribution in [0.1, 0.15) is 19.8 Å². The number of halogens is 2. The molecule has 22 heavy (non-hydrogen) atoms. The molecule has 1 saturated heterocycles. The number of nitrogen functional groups attached to an aromatic ring is 1. The lowest BCUT2D eigenvalue weighted by Crippen LogP contribution is -2.42. The molecule has 2 aromatic rings. The van der Waals surface area contributed by atoms with E-state index in [1.807, 2.05) is 0 Å². The van der Waals surface area contributed by atoms with Gasteiger partial charge >= 0.3 is 0 Å². The predicted octanol–water partition coefficient (Wildman–Crippen LogP) is 2.74. The van der Waals surface area contributed by atoms with Gasteiger partial charge in [-0.25, -0.2) is 0 Å². The highest BCUT2D eigenvalue weighted by molar-refractivity contribution is 6.35. The summed E-state index contributed by atoms with van der Waals surface area (Å²) in [6.45, 7) is 2.38. The lowest BCUT2D eigenvalue weighted by atomic mass is 10.2. The summed E-state index contributed by atoms with van der Waals surface area (Å²) in [7, 11) is 0. The highest BCUT2D eigenvalue weighted by Crippen LogP contribution is 2.33. The van der Waals surface area contributed by atoms with Crippen LogP contribution >= 0.6 is 23.2 Å². The molecule has 1 aliphatic heterocycles. The molecule has 3 N–H and O–H groups in total. The van der Waals surface area contributed by atoms with Crippen LogP contribution in [-0.4, -0.2) is 32.3 Å². The second-order valence-corrected chi connectivity index (χ2v) is 6.26. The minimum absolute atomic E-state index is 0.0683. The lowest BCUT2D eigenvalue weighted by Gasteiger charge is -2.30. The summed E-state index contributed by atoms with van der Waals surface area (Å²) in [6.07, 6.45) is 1.50. The van der Waals surface area contributed by atoms with Crippen LogP contribution in [0.2, 0.25) is 10.0 Å². The molecule has 2 heterocycles. The van der Waals surface area contributed by atoms with Crippen LogP contribution in [0.4, 0.5) is 11.9 Å². The Morgan fingerprint density at radius 2 is 2.05 bits per heavy atom. The molecule has 1 aliphatic rings. The number of rotatable bonds is 2. The van der Waals surface area contributed by atoms with Gasteiger partial charge in [0, 0.05) is 17.1 Å². The van der Waals surface area contributed by atoms with Gasteiger partial charge in [0.15, 0.2) is 5.82 Å². The number of aliphatic hydroxyl groups is 1. The quantitative estimate of drug-likeness (QED) is 0.874. The summed E-state index contributed by atoms with van der Waals surface area (Å²) in [4.78, 5) is 14.4. The fourth-order valence-electron chi connectivity index (χ4n) is 2.55. The Hall–Kier alpha value is -1.63. The zero-order valence-corrected chi connectivity index (χ0v) is 13.4. The highest BCUT2D eigenvalue weighted by atomic mass is 35.5. The number of benzene rings is 1. The molecule has 3 rings (SSSR count). The number of aromatic nitrogens is 3. The van der Waals surface area contributed by atoms with Crippen LogP contribution in [0.25, 0.3) is 11.4 Å². The summed E-state index contributed by atoms with van der Waals surface area (Å²) in [5.41, 5.74) is 5.37. The van der Waals surface area contributed by atoms with Gasteiger partial charge in [-0.3, -0.25) is 0 Å². The Morgan fingerprint density at radius 1 is 1.27 bits per heavy atom. The van der Waals surface area contributed by atoms with Crippen molar-refractivity contribution in [1.82, 2.24) is 15.0 Å². The van der Waals surface area contributed by atoms with Crippen molar-refractivity contribution in [3.05, 3.63) is 28.2 Å². The number of hydrogen-bond acceptors (Lipinski definition) is 6. The minimum atomic E-state index is -0.997. The molecule has 0 bridgehead atoms. The highest BCUT2D eigenvalue weighted by Gasteiger charge is 2.36. The molecule has 0 aliphatic carbocycles. The molecule has 0 saturated carbocycles. The van der Waals surface area contributed by atoms with E-state index in [1.54, 1.807) is 30.0 Å². The van der Waals surface area contributed by atoms with Crippen molar-refractivity contribution >= 4 is 35.1 Å². The first-order valence-corrected chi connectivity index (χ1v) is 7.59. The molecule has 1 atom stereocenters. The number of nitrogens with two attached hydrogens (primary N) is 1. The molecule has 1 fully saturated rings. The van der Waals surface area contributed by atoms with E-state index in [1.165, 1.54) is 0 Å². The maximum absolute atomic E-state index is 10.4. The van der Waals surface area contributed by atoms with Gasteiger partial charge in [0.2, 0.25) is 11.9 Å². The van der Waals surface area contributed by atoms with E-state index in [-0.39, 0.29) is 5.95 Å². The van der Waals surface area contributed by atoms with Gasteiger partial charge < -0.3 is 15.7 Å². The molecule has 0 spiro atoms. The topological polar surface area (TPSA) is 88.2 Å². The maximum Gasteiger partial charge on any atom is 0.232 e.